The van der Waals surface area contributed by atoms with E-state index in [9.17, 15) is 23.1 Å². The third-order valence-corrected chi connectivity index (χ3v) is 5.03. The number of aliphatic hydroxyl groups excluding tert-OH is 1. The first kappa shape index (κ1) is 20.6. The lowest BCUT2D eigenvalue weighted by atomic mass is 9.99. The van der Waals surface area contributed by atoms with Crippen molar-refractivity contribution >= 4 is 23.2 Å². The Labute approximate surface area is 165 Å². The fraction of sp³-hybridized carbons (Fsp3) is 0.350. The molecular formula is C20H20ClF3N2O2. The zero-order valence-electron chi connectivity index (χ0n) is 14.9. The van der Waals surface area contributed by atoms with E-state index in [1.54, 1.807) is 24.3 Å². The second-order valence-corrected chi connectivity index (χ2v) is 7.19. The van der Waals surface area contributed by atoms with E-state index in [1.165, 1.54) is 6.07 Å². The molecule has 1 aliphatic heterocycles. The van der Waals surface area contributed by atoms with Crippen molar-refractivity contribution in [1.82, 2.24) is 4.90 Å². The van der Waals surface area contributed by atoms with E-state index in [-0.39, 0.29) is 5.69 Å². The minimum Gasteiger partial charge on any atom is -0.392 e. The van der Waals surface area contributed by atoms with Crippen molar-refractivity contribution in [1.29, 1.82) is 0 Å². The van der Waals surface area contributed by atoms with Gasteiger partial charge in [-0.25, -0.2) is 0 Å². The monoisotopic (exact) mass is 412 g/mol. The number of carbonyl (C=O) groups is 1. The average molecular weight is 413 g/mol. The molecule has 1 saturated heterocycles. The number of carbonyl (C=O) groups excluding carboxylic acids is 1. The molecule has 28 heavy (non-hydrogen) atoms. The van der Waals surface area contributed by atoms with Gasteiger partial charge in [0, 0.05) is 12.2 Å². The lowest BCUT2D eigenvalue weighted by Gasteiger charge is -2.36. The normalized spacial score (nSPS) is 19.2. The summed E-state index contributed by atoms with van der Waals surface area (Å²) in [6.45, 7) is 0.930. The third-order valence-electron chi connectivity index (χ3n) is 4.70. The Morgan fingerprint density at radius 1 is 1.21 bits per heavy atom. The zero-order chi connectivity index (χ0) is 20.3. The van der Waals surface area contributed by atoms with Gasteiger partial charge in [-0.05, 0) is 43.1 Å². The molecule has 0 aromatic heterocycles. The van der Waals surface area contributed by atoms with Crippen LogP contribution < -0.4 is 5.32 Å². The Bertz CT molecular complexity index is 830. The van der Waals surface area contributed by atoms with Crippen molar-refractivity contribution in [2.45, 2.75) is 31.2 Å². The van der Waals surface area contributed by atoms with Crippen LogP contribution in [-0.4, -0.2) is 35.1 Å². The van der Waals surface area contributed by atoms with E-state index >= 15 is 0 Å². The fourth-order valence-electron chi connectivity index (χ4n) is 3.41. The highest BCUT2D eigenvalue weighted by Crippen LogP contribution is 2.36. The van der Waals surface area contributed by atoms with E-state index in [2.05, 4.69) is 5.32 Å². The number of piperidine rings is 1. The number of anilines is 1. The highest BCUT2D eigenvalue weighted by molar-refractivity contribution is 6.31. The average Bonchev–Trinajstić information content (AvgIpc) is 2.63. The lowest BCUT2D eigenvalue weighted by molar-refractivity contribution is -0.137. The molecule has 0 aliphatic carbocycles. The number of β-amino-alcohol motifs (C(OH)–C–C–N with tert-alkyl or cyclic N) is 1. The first-order chi connectivity index (χ1) is 13.3. The van der Waals surface area contributed by atoms with Gasteiger partial charge in [0.25, 0.3) is 0 Å². The number of halogens is 4. The number of nitrogens with zero attached hydrogens (tertiary/aromatic N) is 1. The summed E-state index contributed by atoms with van der Waals surface area (Å²) >= 11 is 5.64. The van der Waals surface area contributed by atoms with Crippen LogP contribution in [0.2, 0.25) is 5.02 Å². The van der Waals surface area contributed by atoms with Crippen LogP contribution in [0.25, 0.3) is 0 Å². The van der Waals surface area contributed by atoms with Gasteiger partial charge in [-0.1, -0.05) is 41.9 Å². The van der Waals surface area contributed by atoms with Gasteiger partial charge in [0.05, 0.1) is 16.7 Å². The first-order valence-corrected chi connectivity index (χ1v) is 9.28. The summed E-state index contributed by atoms with van der Waals surface area (Å²) in [6, 6.07) is 11.5. The molecule has 3 rings (SSSR count). The highest BCUT2D eigenvalue weighted by Gasteiger charge is 2.34. The highest BCUT2D eigenvalue weighted by atomic mass is 35.5. The van der Waals surface area contributed by atoms with E-state index < -0.39 is 34.8 Å². The van der Waals surface area contributed by atoms with E-state index in [1.807, 2.05) is 11.0 Å². The third kappa shape index (κ3) is 4.84. The summed E-state index contributed by atoms with van der Waals surface area (Å²) in [5.41, 5.74) is -0.282. The molecule has 2 aromatic carbocycles. The predicted molar refractivity (Wildman–Crippen MR) is 101 cm³/mol. The van der Waals surface area contributed by atoms with Crippen LogP contribution >= 0.6 is 11.6 Å². The van der Waals surface area contributed by atoms with Crippen molar-refractivity contribution < 1.29 is 23.1 Å². The maximum atomic E-state index is 13.1. The second-order valence-electron chi connectivity index (χ2n) is 6.79. The lowest BCUT2D eigenvalue weighted by Crippen LogP contribution is -2.44. The molecule has 2 aromatic rings. The maximum Gasteiger partial charge on any atom is 0.417 e. The smallest absolute Gasteiger partial charge is 0.392 e. The van der Waals surface area contributed by atoms with Crippen LogP contribution in [-0.2, 0) is 11.0 Å². The van der Waals surface area contributed by atoms with Gasteiger partial charge in [0.1, 0.15) is 6.04 Å². The van der Waals surface area contributed by atoms with Crippen molar-refractivity contribution in [3.63, 3.8) is 0 Å². The molecule has 4 nitrogen and oxygen atoms in total. The number of amides is 1. The number of alkyl halides is 3. The van der Waals surface area contributed by atoms with Crippen molar-refractivity contribution in [2.24, 2.45) is 0 Å². The number of nitrogens with one attached hydrogen (secondary N) is 1. The van der Waals surface area contributed by atoms with Gasteiger partial charge in [0.15, 0.2) is 0 Å². The van der Waals surface area contributed by atoms with Gasteiger partial charge in [0.2, 0.25) is 5.91 Å². The summed E-state index contributed by atoms with van der Waals surface area (Å²) in [5, 5.41) is 12.1. The van der Waals surface area contributed by atoms with Gasteiger partial charge in [-0.15, -0.1) is 0 Å². The molecule has 2 N–H and O–H groups in total. The van der Waals surface area contributed by atoms with Crippen LogP contribution in [0.4, 0.5) is 18.9 Å². The van der Waals surface area contributed by atoms with Gasteiger partial charge in [-0.2, -0.15) is 13.2 Å². The van der Waals surface area contributed by atoms with Crippen LogP contribution in [0.5, 0.6) is 0 Å². The largest absolute Gasteiger partial charge is 0.417 e. The van der Waals surface area contributed by atoms with Crippen LogP contribution in [0.1, 0.15) is 30.0 Å². The molecule has 150 valence electrons. The van der Waals surface area contributed by atoms with E-state index in [0.29, 0.717) is 25.1 Å². The summed E-state index contributed by atoms with van der Waals surface area (Å²) in [5.74, 6) is -0.462. The molecule has 1 fully saturated rings. The molecule has 8 heteroatoms. The van der Waals surface area contributed by atoms with E-state index in [4.69, 9.17) is 11.6 Å². The Hall–Kier alpha value is -2.09. The van der Waals surface area contributed by atoms with Crippen molar-refractivity contribution in [3.8, 4) is 0 Å². The number of aliphatic hydroxyl groups is 1. The Morgan fingerprint density at radius 2 is 1.93 bits per heavy atom. The number of likely N-dealkylation sites (tertiary alicyclic amines) is 1. The molecule has 0 unspecified atom stereocenters. The first-order valence-electron chi connectivity index (χ1n) is 8.90. The van der Waals surface area contributed by atoms with Crippen molar-refractivity contribution in [2.75, 3.05) is 18.4 Å². The van der Waals surface area contributed by atoms with Gasteiger partial charge < -0.3 is 10.4 Å². The molecule has 1 amide bonds. The number of hydrogen-bond acceptors (Lipinski definition) is 3. The molecule has 0 bridgehead atoms. The minimum absolute atomic E-state index is 0.0141. The Morgan fingerprint density at radius 3 is 2.57 bits per heavy atom. The summed E-state index contributed by atoms with van der Waals surface area (Å²) < 4.78 is 39.3. The number of benzene rings is 2. The molecule has 2 atom stereocenters. The topological polar surface area (TPSA) is 52.6 Å². The van der Waals surface area contributed by atoms with E-state index in [0.717, 1.165) is 18.6 Å². The predicted octanol–water partition coefficient (Wildman–Crippen LogP) is 4.50. The molecule has 0 saturated carbocycles. The molecule has 0 spiro atoms. The SMILES string of the molecule is O=C(Nc1ccc(Cl)c(C(F)(F)F)c1)[C@@H](c1ccccc1)N1CCC[C@@H](O)C1. The summed E-state index contributed by atoms with van der Waals surface area (Å²) in [6.07, 6.45) is -3.77. The molecule has 1 aliphatic rings. The zero-order valence-corrected chi connectivity index (χ0v) is 15.7. The minimum atomic E-state index is -4.62. The standard InChI is InChI=1S/C20H20ClF3N2O2/c21-17-9-8-14(11-16(17)20(22,23)24)25-19(28)18(13-5-2-1-3-6-13)26-10-4-7-15(27)12-26/h1-3,5-6,8-9,11,15,18,27H,4,7,10,12H2,(H,25,28)/t15-,18-/m1/s1. The fourth-order valence-corrected chi connectivity index (χ4v) is 3.64. The van der Waals surface area contributed by atoms with Crippen LogP contribution in [0, 0.1) is 0 Å². The summed E-state index contributed by atoms with van der Waals surface area (Å²) in [7, 11) is 0. The summed E-state index contributed by atoms with van der Waals surface area (Å²) in [4.78, 5) is 14.9. The number of hydrogen-bond donors (Lipinski definition) is 2. The van der Waals surface area contributed by atoms with Crippen LogP contribution in [0.15, 0.2) is 48.5 Å². The quantitative estimate of drug-likeness (QED) is 0.777. The Balaban J connectivity index is 1.88. The van der Waals surface area contributed by atoms with Gasteiger partial charge in [-0.3, -0.25) is 9.69 Å². The second kappa shape index (κ2) is 8.51. The maximum absolute atomic E-state index is 13.1. The molecule has 1 heterocycles. The molecule has 0 radical (unpaired) electrons. The van der Waals surface area contributed by atoms with Gasteiger partial charge >= 0.3 is 6.18 Å². The number of rotatable bonds is 4. The van der Waals surface area contributed by atoms with Crippen molar-refractivity contribution in [3.05, 3.63) is 64.7 Å². The van der Waals surface area contributed by atoms with Crippen LogP contribution in [0.3, 0.4) is 0 Å². The Kier molecular flexibility index (Phi) is 6.27. The molecular weight excluding hydrogens is 393 g/mol.